The summed E-state index contributed by atoms with van der Waals surface area (Å²) in [7, 11) is 0. The maximum Gasteiger partial charge on any atom is 0.282 e. The molecule has 5 aromatic rings. The number of aryl methyl sites for hydroxylation is 1. The molecule has 34 heavy (non-hydrogen) atoms. The van der Waals surface area contributed by atoms with Gasteiger partial charge in [0.25, 0.3) is 5.56 Å². The molecule has 0 fully saturated rings. The van der Waals surface area contributed by atoms with E-state index in [1.54, 1.807) is 18.3 Å². The number of hydrogen-bond acceptors (Lipinski definition) is 3. The summed E-state index contributed by atoms with van der Waals surface area (Å²) in [5, 5.41) is 6.24. The Morgan fingerprint density at radius 2 is 1.65 bits per heavy atom. The smallest absolute Gasteiger partial charge is 0.282 e. The lowest BCUT2D eigenvalue weighted by Crippen LogP contribution is -2.20. The van der Waals surface area contributed by atoms with Crippen LogP contribution in [-0.4, -0.2) is 20.4 Å². The molecule has 168 valence electrons. The van der Waals surface area contributed by atoms with Gasteiger partial charge >= 0.3 is 0 Å². The van der Waals surface area contributed by atoms with Gasteiger partial charge in [-0.1, -0.05) is 65.7 Å². The van der Waals surface area contributed by atoms with E-state index >= 15 is 0 Å². The molecule has 0 aliphatic carbocycles. The highest BCUT2D eigenvalue weighted by atomic mass is 35.5. The van der Waals surface area contributed by atoms with Crippen molar-refractivity contribution < 1.29 is 0 Å². The van der Waals surface area contributed by atoms with Crippen LogP contribution in [0.1, 0.15) is 17.0 Å². The van der Waals surface area contributed by atoms with Crippen LogP contribution in [-0.2, 0) is 0 Å². The molecule has 0 N–H and O–H groups in total. The predicted molar refractivity (Wildman–Crippen MR) is 140 cm³/mol. The van der Waals surface area contributed by atoms with E-state index in [0.717, 1.165) is 28.2 Å². The molecule has 0 unspecified atom stereocenters. The van der Waals surface area contributed by atoms with Crippen molar-refractivity contribution in [1.82, 2.24) is 14.2 Å². The van der Waals surface area contributed by atoms with Gasteiger partial charge in [-0.25, -0.2) is 4.98 Å². The van der Waals surface area contributed by atoms with Crippen molar-refractivity contribution in [2.75, 3.05) is 0 Å². The maximum atomic E-state index is 13.4. The Hall–Kier alpha value is -3.67. The molecular formula is C27H20Cl2N4O. The molecule has 0 radical (unpaired) electrons. The third-order valence-electron chi connectivity index (χ3n) is 5.72. The third kappa shape index (κ3) is 3.94. The zero-order chi connectivity index (χ0) is 23.8. The zero-order valence-electron chi connectivity index (χ0n) is 18.5. The lowest BCUT2D eigenvalue weighted by molar-refractivity contribution is 0.829. The summed E-state index contributed by atoms with van der Waals surface area (Å²) in [5.41, 5.74) is 4.83. The minimum absolute atomic E-state index is 0.227. The molecular weight excluding hydrogens is 467 g/mol. The molecule has 0 aliphatic rings. The average Bonchev–Trinajstić information content (AvgIpc) is 3.12. The predicted octanol–water partition coefficient (Wildman–Crippen LogP) is 6.66. The van der Waals surface area contributed by atoms with Gasteiger partial charge in [-0.3, -0.25) is 4.79 Å². The molecule has 5 rings (SSSR count). The summed E-state index contributed by atoms with van der Waals surface area (Å²) in [4.78, 5) is 18.1. The first-order valence-corrected chi connectivity index (χ1v) is 11.5. The summed E-state index contributed by atoms with van der Waals surface area (Å²) >= 11 is 12.5. The number of fused-ring (bicyclic) bond motifs is 1. The number of nitrogens with zero attached hydrogens (tertiary/aromatic N) is 4. The van der Waals surface area contributed by atoms with Gasteiger partial charge in [0.05, 0.1) is 27.8 Å². The van der Waals surface area contributed by atoms with Crippen molar-refractivity contribution in [2.45, 2.75) is 13.8 Å². The van der Waals surface area contributed by atoms with Gasteiger partial charge in [-0.2, -0.15) is 9.78 Å². The molecule has 0 saturated heterocycles. The fourth-order valence-electron chi connectivity index (χ4n) is 4.08. The van der Waals surface area contributed by atoms with Gasteiger partial charge < -0.3 is 4.57 Å². The van der Waals surface area contributed by atoms with Crippen molar-refractivity contribution in [3.63, 3.8) is 0 Å². The van der Waals surface area contributed by atoms with E-state index in [4.69, 9.17) is 28.2 Å². The topological polar surface area (TPSA) is 52.2 Å². The van der Waals surface area contributed by atoms with Crippen LogP contribution in [0.5, 0.6) is 0 Å². The summed E-state index contributed by atoms with van der Waals surface area (Å²) in [6.45, 7) is 3.98. The first-order valence-electron chi connectivity index (χ1n) is 10.7. The largest absolute Gasteiger partial charge is 0.316 e. The zero-order valence-corrected chi connectivity index (χ0v) is 20.0. The third-order valence-corrected chi connectivity index (χ3v) is 6.26. The van der Waals surface area contributed by atoms with E-state index in [2.05, 4.69) is 5.10 Å². The molecule has 2 heterocycles. The first-order chi connectivity index (χ1) is 16.4. The van der Waals surface area contributed by atoms with Gasteiger partial charge in [-0.05, 0) is 50.2 Å². The van der Waals surface area contributed by atoms with Crippen LogP contribution in [0.25, 0.3) is 28.0 Å². The van der Waals surface area contributed by atoms with Crippen LogP contribution >= 0.6 is 23.2 Å². The lowest BCUT2D eigenvalue weighted by atomic mass is 10.2. The normalized spacial score (nSPS) is 11.5. The fraction of sp³-hybridized carbons (Fsp3) is 0.0741. The van der Waals surface area contributed by atoms with Crippen LogP contribution in [0.3, 0.4) is 0 Å². The van der Waals surface area contributed by atoms with Crippen molar-refractivity contribution in [1.29, 1.82) is 0 Å². The average molecular weight is 487 g/mol. The number of benzene rings is 3. The van der Waals surface area contributed by atoms with Gasteiger partial charge in [0.2, 0.25) is 0 Å². The molecule has 0 atom stereocenters. The van der Waals surface area contributed by atoms with Crippen LogP contribution < -0.4 is 5.56 Å². The minimum atomic E-state index is -0.227. The van der Waals surface area contributed by atoms with E-state index in [1.807, 2.05) is 85.1 Å². The van der Waals surface area contributed by atoms with Crippen LogP contribution in [0.2, 0.25) is 10.0 Å². The van der Waals surface area contributed by atoms with Gasteiger partial charge in [0.1, 0.15) is 0 Å². The molecule has 0 spiro atoms. The Bertz CT molecular complexity index is 1620. The SMILES string of the molecule is Cc1cc(C=Nn2c(-c3ccccc3)nc3ccccc3c2=O)c(C)n1-c1ccc(Cl)cc1Cl. The van der Waals surface area contributed by atoms with Crippen LogP contribution in [0, 0.1) is 13.8 Å². The summed E-state index contributed by atoms with van der Waals surface area (Å²) in [6.07, 6.45) is 1.69. The molecule has 2 aromatic heterocycles. The highest BCUT2D eigenvalue weighted by Gasteiger charge is 2.15. The van der Waals surface area contributed by atoms with Crippen molar-refractivity contribution >= 4 is 40.3 Å². The summed E-state index contributed by atoms with van der Waals surface area (Å²) in [6, 6.07) is 24.3. The maximum absolute atomic E-state index is 13.4. The van der Waals surface area contributed by atoms with E-state index in [1.165, 1.54) is 4.68 Å². The number of rotatable bonds is 4. The van der Waals surface area contributed by atoms with Gasteiger partial charge in [-0.15, -0.1) is 0 Å². The minimum Gasteiger partial charge on any atom is -0.316 e. The Labute approximate surface area is 206 Å². The second-order valence-corrected chi connectivity index (χ2v) is 8.78. The van der Waals surface area contributed by atoms with E-state index in [0.29, 0.717) is 26.8 Å². The quantitative estimate of drug-likeness (QED) is 0.266. The van der Waals surface area contributed by atoms with Gasteiger partial charge in [0.15, 0.2) is 5.82 Å². The Morgan fingerprint density at radius 3 is 2.41 bits per heavy atom. The van der Waals surface area contributed by atoms with E-state index < -0.39 is 0 Å². The number of para-hydroxylation sites is 1. The number of halogens is 2. The standard InChI is InChI=1S/C27H20Cl2N4O/c1-17-14-20(18(2)32(17)25-13-12-21(28)15-23(25)29)16-30-33-26(19-8-4-3-5-9-19)31-24-11-7-6-10-22(24)27(33)34/h3-16H,1-2H3. The Kier molecular flexibility index (Phi) is 5.82. The molecule has 7 heteroatoms. The Balaban J connectivity index is 1.66. The number of hydrogen-bond donors (Lipinski definition) is 0. The molecule has 5 nitrogen and oxygen atoms in total. The monoisotopic (exact) mass is 486 g/mol. The lowest BCUT2D eigenvalue weighted by Gasteiger charge is -2.12. The molecule has 0 amide bonds. The molecule has 3 aromatic carbocycles. The first kappa shape index (κ1) is 22.1. The summed E-state index contributed by atoms with van der Waals surface area (Å²) in [5.74, 6) is 0.482. The van der Waals surface area contributed by atoms with E-state index in [-0.39, 0.29) is 5.56 Å². The Morgan fingerprint density at radius 1 is 0.912 bits per heavy atom. The second-order valence-electron chi connectivity index (χ2n) is 7.94. The van der Waals surface area contributed by atoms with E-state index in [9.17, 15) is 4.79 Å². The van der Waals surface area contributed by atoms with Crippen molar-refractivity contribution in [2.24, 2.45) is 5.10 Å². The van der Waals surface area contributed by atoms with Gasteiger partial charge in [0, 0.05) is 27.5 Å². The van der Waals surface area contributed by atoms with Crippen LogP contribution in [0.15, 0.2) is 88.8 Å². The van der Waals surface area contributed by atoms with Crippen molar-refractivity contribution in [3.05, 3.63) is 116 Å². The van der Waals surface area contributed by atoms with Crippen molar-refractivity contribution in [3.8, 4) is 17.1 Å². The molecule has 0 bridgehead atoms. The molecule has 0 aliphatic heterocycles. The second kappa shape index (κ2) is 8.93. The summed E-state index contributed by atoms with van der Waals surface area (Å²) < 4.78 is 3.40. The molecule has 0 saturated carbocycles. The highest BCUT2D eigenvalue weighted by molar-refractivity contribution is 6.35. The van der Waals surface area contributed by atoms with Crippen LogP contribution in [0.4, 0.5) is 0 Å². The fourth-order valence-corrected chi connectivity index (χ4v) is 4.57. The highest BCUT2D eigenvalue weighted by Crippen LogP contribution is 2.28. The number of aromatic nitrogens is 3.